The van der Waals surface area contributed by atoms with Gasteiger partial charge >= 0.3 is 0 Å². The zero-order valence-electron chi connectivity index (χ0n) is 8.33. The Bertz CT molecular complexity index is 302. The van der Waals surface area contributed by atoms with Crippen LogP contribution in [0.25, 0.3) is 0 Å². The van der Waals surface area contributed by atoms with Gasteiger partial charge in [-0.1, -0.05) is 18.5 Å². The fourth-order valence-corrected chi connectivity index (χ4v) is 0.976. The predicted octanol–water partition coefficient (Wildman–Crippen LogP) is 2.27. The van der Waals surface area contributed by atoms with Crippen LogP contribution in [0.5, 0.6) is 5.75 Å². The van der Waals surface area contributed by atoms with Crippen molar-refractivity contribution in [2.75, 3.05) is 6.61 Å². The Hall–Kier alpha value is -0.800. The number of hydrogen-bond donors (Lipinski definition) is 1. The first-order valence-corrected chi connectivity index (χ1v) is 4.87. The molecule has 3 nitrogen and oxygen atoms in total. The third-order valence-corrected chi connectivity index (χ3v) is 2.20. The van der Waals surface area contributed by atoms with E-state index in [0.29, 0.717) is 17.2 Å². The monoisotopic (exact) mass is 215 g/mol. The summed E-state index contributed by atoms with van der Waals surface area (Å²) in [4.78, 5) is 3.87. The van der Waals surface area contributed by atoms with Crippen molar-refractivity contribution >= 4 is 11.6 Å². The third kappa shape index (κ3) is 3.52. The number of nitrogens with zero attached hydrogens (tertiary/aromatic N) is 1. The lowest BCUT2D eigenvalue weighted by atomic mass is 10.1. The highest BCUT2D eigenvalue weighted by Gasteiger charge is 2.18. The molecule has 1 N–H and O–H groups in total. The van der Waals surface area contributed by atoms with E-state index in [9.17, 15) is 5.11 Å². The Balaban J connectivity index is 2.54. The van der Waals surface area contributed by atoms with Gasteiger partial charge in [0.15, 0.2) is 0 Å². The van der Waals surface area contributed by atoms with Crippen molar-refractivity contribution in [1.82, 2.24) is 4.98 Å². The maximum atomic E-state index is 9.68. The highest BCUT2D eigenvalue weighted by atomic mass is 35.5. The summed E-state index contributed by atoms with van der Waals surface area (Å²) in [6.45, 7) is 3.87. The molecule has 14 heavy (non-hydrogen) atoms. The summed E-state index contributed by atoms with van der Waals surface area (Å²) in [5.41, 5.74) is -0.803. The number of aliphatic hydroxyl groups is 1. The van der Waals surface area contributed by atoms with Gasteiger partial charge in [-0.15, -0.1) is 0 Å². The zero-order valence-corrected chi connectivity index (χ0v) is 9.08. The van der Waals surface area contributed by atoms with Crippen LogP contribution in [0.3, 0.4) is 0 Å². The molecule has 1 unspecified atom stereocenters. The molecule has 0 aliphatic heterocycles. The molecule has 0 amide bonds. The van der Waals surface area contributed by atoms with Crippen LogP contribution in [0.2, 0.25) is 5.02 Å². The number of hydrogen-bond acceptors (Lipinski definition) is 3. The van der Waals surface area contributed by atoms with Gasteiger partial charge < -0.3 is 9.84 Å². The zero-order chi connectivity index (χ0) is 10.6. The molecule has 0 radical (unpaired) electrons. The molecule has 0 fully saturated rings. The van der Waals surface area contributed by atoms with Crippen LogP contribution in [0, 0.1) is 0 Å². The number of rotatable bonds is 4. The minimum Gasteiger partial charge on any atom is -0.489 e. The maximum Gasteiger partial charge on any atom is 0.139 e. The first-order chi connectivity index (χ1) is 6.53. The fourth-order valence-electron chi connectivity index (χ4n) is 0.812. The van der Waals surface area contributed by atoms with Crippen LogP contribution in [0.1, 0.15) is 20.3 Å². The molecule has 0 bridgehead atoms. The molecular weight excluding hydrogens is 202 g/mol. The van der Waals surface area contributed by atoms with Crippen LogP contribution < -0.4 is 4.74 Å². The molecule has 1 atom stereocenters. The largest absolute Gasteiger partial charge is 0.489 e. The molecule has 0 aromatic carbocycles. The van der Waals surface area contributed by atoms with Gasteiger partial charge in [-0.3, -0.25) is 4.98 Å². The second kappa shape index (κ2) is 4.62. The summed E-state index contributed by atoms with van der Waals surface area (Å²) in [5.74, 6) is 0.575. The summed E-state index contributed by atoms with van der Waals surface area (Å²) in [7, 11) is 0. The molecule has 0 saturated heterocycles. The van der Waals surface area contributed by atoms with Gasteiger partial charge in [0.1, 0.15) is 12.4 Å². The van der Waals surface area contributed by atoms with E-state index in [4.69, 9.17) is 16.3 Å². The van der Waals surface area contributed by atoms with Gasteiger partial charge in [0.2, 0.25) is 0 Å². The van der Waals surface area contributed by atoms with E-state index < -0.39 is 5.60 Å². The second-order valence-corrected chi connectivity index (χ2v) is 3.91. The highest BCUT2D eigenvalue weighted by Crippen LogP contribution is 2.17. The molecule has 0 aliphatic rings. The van der Waals surface area contributed by atoms with E-state index in [2.05, 4.69) is 4.98 Å². The summed E-state index contributed by atoms with van der Waals surface area (Å²) < 4.78 is 5.35. The Kier molecular flexibility index (Phi) is 3.72. The highest BCUT2D eigenvalue weighted by molar-refractivity contribution is 6.30. The van der Waals surface area contributed by atoms with Crippen LogP contribution in [0.4, 0.5) is 0 Å². The predicted molar refractivity (Wildman–Crippen MR) is 55.7 cm³/mol. The first kappa shape index (κ1) is 11.3. The molecular formula is C10H14ClNO2. The minimum absolute atomic E-state index is 0.242. The van der Waals surface area contributed by atoms with E-state index in [0.717, 1.165) is 0 Å². The second-order valence-electron chi connectivity index (χ2n) is 3.48. The summed E-state index contributed by atoms with van der Waals surface area (Å²) in [6, 6.07) is 1.67. The van der Waals surface area contributed by atoms with Crippen LogP contribution in [0.15, 0.2) is 18.5 Å². The lowest BCUT2D eigenvalue weighted by Gasteiger charge is -2.21. The Morgan fingerprint density at radius 3 is 2.86 bits per heavy atom. The Morgan fingerprint density at radius 2 is 2.29 bits per heavy atom. The molecule has 0 saturated carbocycles. The number of aromatic nitrogens is 1. The molecule has 1 aromatic rings. The van der Waals surface area contributed by atoms with Gasteiger partial charge in [0.25, 0.3) is 0 Å². The van der Waals surface area contributed by atoms with E-state index in [1.54, 1.807) is 19.2 Å². The molecule has 1 aromatic heterocycles. The lowest BCUT2D eigenvalue weighted by Crippen LogP contribution is -2.31. The molecule has 1 rings (SSSR count). The van der Waals surface area contributed by atoms with Crippen molar-refractivity contribution in [3.05, 3.63) is 23.5 Å². The fraction of sp³-hybridized carbons (Fsp3) is 0.500. The average Bonchev–Trinajstić information content (AvgIpc) is 2.15. The molecule has 0 aliphatic carbocycles. The smallest absolute Gasteiger partial charge is 0.139 e. The third-order valence-electron chi connectivity index (χ3n) is 1.99. The Labute approximate surface area is 88.7 Å². The van der Waals surface area contributed by atoms with Crippen LogP contribution in [-0.4, -0.2) is 22.3 Å². The summed E-state index contributed by atoms with van der Waals surface area (Å²) in [5, 5.41) is 10.2. The van der Waals surface area contributed by atoms with Crippen molar-refractivity contribution in [2.24, 2.45) is 0 Å². The average molecular weight is 216 g/mol. The van der Waals surface area contributed by atoms with Gasteiger partial charge in [-0.25, -0.2) is 0 Å². The number of halogens is 1. The Morgan fingerprint density at radius 1 is 1.57 bits per heavy atom. The van der Waals surface area contributed by atoms with Crippen LogP contribution in [-0.2, 0) is 0 Å². The standard InChI is InChI=1S/C10H14ClNO2/c1-3-10(2,13)7-14-9-4-8(11)5-12-6-9/h4-6,13H,3,7H2,1-2H3. The minimum atomic E-state index is -0.803. The first-order valence-electron chi connectivity index (χ1n) is 4.49. The molecule has 0 spiro atoms. The molecule has 1 heterocycles. The van der Waals surface area contributed by atoms with Crippen molar-refractivity contribution in [1.29, 1.82) is 0 Å². The quantitative estimate of drug-likeness (QED) is 0.838. The van der Waals surface area contributed by atoms with Crippen molar-refractivity contribution < 1.29 is 9.84 Å². The van der Waals surface area contributed by atoms with Crippen molar-refractivity contribution in [3.63, 3.8) is 0 Å². The maximum absolute atomic E-state index is 9.68. The van der Waals surface area contributed by atoms with Crippen LogP contribution >= 0.6 is 11.6 Å². The number of ether oxygens (including phenoxy) is 1. The van der Waals surface area contributed by atoms with Gasteiger partial charge in [-0.2, -0.15) is 0 Å². The summed E-state index contributed by atoms with van der Waals surface area (Å²) in [6.07, 6.45) is 3.74. The summed E-state index contributed by atoms with van der Waals surface area (Å²) >= 11 is 5.72. The topological polar surface area (TPSA) is 42.4 Å². The van der Waals surface area contributed by atoms with Gasteiger partial charge in [-0.05, 0) is 13.3 Å². The lowest BCUT2D eigenvalue weighted by molar-refractivity contribution is 0.00836. The number of pyridine rings is 1. The van der Waals surface area contributed by atoms with Crippen molar-refractivity contribution in [2.45, 2.75) is 25.9 Å². The van der Waals surface area contributed by atoms with E-state index in [1.165, 1.54) is 6.20 Å². The van der Waals surface area contributed by atoms with Crippen molar-refractivity contribution in [3.8, 4) is 5.75 Å². The molecule has 78 valence electrons. The van der Waals surface area contributed by atoms with E-state index in [-0.39, 0.29) is 6.61 Å². The normalized spacial score (nSPS) is 14.9. The van der Waals surface area contributed by atoms with Gasteiger partial charge in [0.05, 0.1) is 16.8 Å². The molecule has 4 heteroatoms. The SMILES string of the molecule is CCC(C)(O)COc1cncc(Cl)c1. The van der Waals surface area contributed by atoms with E-state index in [1.807, 2.05) is 6.92 Å². The van der Waals surface area contributed by atoms with Gasteiger partial charge in [0, 0.05) is 12.3 Å². The van der Waals surface area contributed by atoms with E-state index >= 15 is 0 Å².